The van der Waals surface area contributed by atoms with Crippen molar-refractivity contribution in [3.05, 3.63) is 39.9 Å². The SMILES string of the molecule is O=C(O)CN1CCN(CC(=O)O)CCN(CC(=O)O)C(CCN(CC(=O)O)Cc2ccc([N+](=O)[O-])cc2)CN(CC(=O)O)CC1. The first-order valence-corrected chi connectivity index (χ1v) is 14.2. The summed E-state index contributed by atoms with van der Waals surface area (Å²) in [5, 5.41) is 58.6. The van der Waals surface area contributed by atoms with Crippen LogP contribution in [0.3, 0.4) is 0 Å². The van der Waals surface area contributed by atoms with Crippen molar-refractivity contribution in [2.75, 3.05) is 85.1 Å². The second kappa shape index (κ2) is 18.5. The first kappa shape index (κ1) is 37.0. The van der Waals surface area contributed by atoms with Gasteiger partial charge in [-0.15, -0.1) is 0 Å². The maximum Gasteiger partial charge on any atom is 0.317 e. The van der Waals surface area contributed by atoms with E-state index >= 15 is 0 Å². The van der Waals surface area contributed by atoms with Gasteiger partial charge in [-0.3, -0.25) is 58.6 Å². The molecule has 1 saturated heterocycles. The normalized spacial score (nSPS) is 18.1. The molecule has 5 N–H and O–H groups in total. The largest absolute Gasteiger partial charge is 0.480 e. The zero-order valence-corrected chi connectivity index (χ0v) is 24.8. The van der Waals surface area contributed by atoms with Crippen molar-refractivity contribution in [3.63, 3.8) is 0 Å². The third kappa shape index (κ3) is 14.9. The fourth-order valence-electron chi connectivity index (χ4n) is 5.15. The molecule has 1 aromatic rings. The number of carbonyl (C=O) groups is 5. The van der Waals surface area contributed by atoms with Crippen molar-refractivity contribution < 1.29 is 54.4 Å². The highest BCUT2D eigenvalue weighted by atomic mass is 16.6. The van der Waals surface area contributed by atoms with Crippen molar-refractivity contribution in [1.82, 2.24) is 24.5 Å². The molecule has 0 aliphatic carbocycles. The molecule has 0 radical (unpaired) electrons. The molecule has 1 fully saturated rings. The summed E-state index contributed by atoms with van der Waals surface area (Å²) < 4.78 is 0. The molecule has 18 heteroatoms. The van der Waals surface area contributed by atoms with E-state index in [0.29, 0.717) is 5.56 Å². The zero-order valence-electron chi connectivity index (χ0n) is 24.8. The molecule has 0 saturated carbocycles. The lowest BCUT2D eigenvalue weighted by Crippen LogP contribution is -2.53. The predicted molar refractivity (Wildman–Crippen MR) is 156 cm³/mol. The van der Waals surface area contributed by atoms with E-state index in [0.717, 1.165) is 0 Å². The minimum Gasteiger partial charge on any atom is -0.480 e. The lowest BCUT2D eigenvalue weighted by Gasteiger charge is -2.38. The molecular weight excluding hydrogens is 600 g/mol. The molecule has 1 unspecified atom stereocenters. The average molecular weight is 641 g/mol. The Kier molecular flexibility index (Phi) is 15.2. The van der Waals surface area contributed by atoms with Gasteiger partial charge in [0, 0.05) is 77.1 Å². The monoisotopic (exact) mass is 640 g/mol. The molecule has 45 heavy (non-hydrogen) atoms. The number of non-ortho nitro benzene ring substituents is 1. The Bertz CT molecular complexity index is 1180. The van der Waals surface area contributed by atoms with E-state index < -0.39 is 60.4 Å². The van der Waals surface area contributed by atoms with Gasteiger partial charge in [0.1, 0.15) is 0 Å². The van der Waals surface area contributed by atoms with Gasteiger partial charge >= 0.3 is 29.8 Å². The highest BCUT2D eigenvalue weighted by Gasteiger charge is 2.28. The zero-order chi connectivity index (χ0) is 33.5. The standard InChI is InChI=1S/C27H40N6O12/c34-23(35)15-28-7-8-29(16-24(36)37)11-12-32(19-27(42)43)22(14-31(10-9-28)18-26(40)41)5-6-30(17-25(38)39)13-20-1-3-21(4-2-20)33(44)45/h1-4,22H,5-19H2,(H,34,35)(H,36,37)(H,38,39)(H,40,41)(H,42,43). The van der Waals surface area contributed by atoms with Gasteiger partial charge in [-0.05, 0) is 12.0 Å². The molecule has 1 atom stereocenters. The van der Waals surface area contributed by atoms with Crippen LogP contribution in [-0.2, 0) is 30.5 Å². The molecule has 0 bridgehead atoms. The Morgan fingerprint density at radius 3 is 1.64 bits per heavy atom. The van der Waals surface area contributed by atoms with E-state index in [1.165, 1.54) is 24.3 Å². The minimum absolute atomic E-state index is 0.0534. The van der Waals surface area contributed by atoms with Gasteiger partial charge in [0.25, 0.3) is 5.69 Å². The molecule has 0 spiro atoms. The highest BCUT2D eigenvalue weighted by Crippen LogP contribution is 2.16. The molecule has 1 heterocycles. The van der Waals surface area contributed by atoms with Crippen molar-refractivity contribution in [2.24, 2.45) is 0 Å². The van der Waals surface area contributed by atoms with Gasteiger partial charge in [0.2, 0.25) is 0 Å². The third-order valence-corrected chi connectivity index (χ3v) is 7.26. The molecular formula is C27H40N6O12. The van der Waals surface area contributed by atoms with Crippen molar-refractivity contribution in [2.45, 2.75) is 19.0 Å². The minimum atomic E-state index is -1.16. The van der Waals surface area contributed by atoms with Crippen molar-refractivity contribution >= 4 is 35.5 Å². The van der Waals surface area contributed by atoms with Crippen molar-refractivity contribution in [1.29, 1.82) is 0 Å². The smallest absolute Gasteiger partial charge is 0.317 e. The first-order valence-electron chi connectivity index (χ1n) is 14.2. The Morgan fingerprint density at radius 2 is 1.18 bits per heavy atom. The predicted octanol–water partition coefficient (Wildman–Crippen LogP) is -1.20. The van der Waals surface area contributed by atoms with E-state index in [2.05, 4.69) is 0 Å². The number of nitro benzene ring substituents is 1. The van der Waals surface area contributed by atoms with Crippen LogP contribution in [0.1, 0.15) is 12.0 Å². The van der Waals surface area contributed by atoms with Crippen LogP contribution in [0.4, 0.5) is 5.69 Å². The summed E-state index contributed by atoms with van der Waals surface area (Å²) in [6.07, 6.45) is 0.196. The molecule has 2 rings (SSSR count). The molecule has 1 aliphatic heterocycles. The van der Waals surface area contributed by atoms with Crippen LogP contribution in [0.2, 0.25) is 0 Å². The molecule has 1 aliphatic rings. The molecule has 0 aromatic heterocycles. The number of rotatable bonds is 16. The fraction of sp³-hybridized carbons (Fsp3) is 0.593. The molecule has 18 nitrogen and oxygen atoms in total. The van der Waals surface area contributed by atoms with Crippen LogP contribution in [0.5, 0.6) is 0 Å². The van der Waals surface area contributed by atoms with Crippen LogP contribution in [0.15, 0.2) is 24.3 Å². The number of carboxylic acids is 5. The average Bonchev–Trinajstić information content (AvgIpc) is 2.92. The third-order valence-electron chi connectivity index (χ3n) is 7.26. The van der Waals surface area contributed by atoms with Gasteiger partial charge in [-0.25, -0.2) is 0 Å². The Morgan fingerprint density at radius 1 is 0.711 bits per heavy atom. The van der Waals surface area contributed by atoms with Crippen LogP contribution in [0.25, 0.3) is 0 Å². The topological polar surface area (TPSA) is 246 Å². The summed E-state index contributed by atoms with van der Waals surface area (Å²) in [5.74, 6) is -5.66. The number of aliphatic carboxylic acids is 5. The second-order valence-electron chi connectivity index (χ2n) is 10.8. The number of hydrogen-bond donors (Lipinski definition) is 5. The highest BCUT2D eigenvalue weighted by molar-refractivity contribution is 5.70. The van der Waals surface area contributed by atoms with E-state index in [4.69, 9.17) is 0 Å². The lowest BCUT2D eigenvalue weighted by molar-refractivity contribution is -0.384. The van der Waals surface area contributed by atoms with E-state index in [-0.39, 0.29) is 84.1 Å². The summed E-state index contributed by atoms with van der Waals surface area (Å²) >= 11 is 0. The maximum absolute atomic E-state index is 11.9. The quantitative estimate of drug-likeness (QED) is 0.105. The van der Waals surface area contributed by atoms with Gasteiger partial charge in [0.05, 0.1) is 37.6 Å². The molecule has 250 valence electrons. The van der Waals surface area contributed by atoms with Gasteiger partial charge in [-0.1, -0.05) is 12.1 Å². The van der Waals surface area contributed by atoms with Crippen molar-refractivity contribution in [3.8, 4) is 0 Å². The Labute approximate surface area is 258 Å². The van der Waals surface area contributed by atoms with E-state index in [1.54, 1.807) is 24.5 Å². The summed E-state index contributed by atoms with van der Waals surface area (Å²) in [7, 11) is 0. The van der Waals surface area contributed by atoms with Crippen LogP contribution in [0, 0.1) is 10.1 Å². The second-order valence-corrected chi connectivity index (χ2v) is 10.8. The molecule has 1 aromatic carbocycles. The van der Waals surface area contributed by atoms with E-state index in [1.807, 2.05) is 0 Å². The van der Waals surface area contributed by atoms with Gasteiger partial charge in [0.15, 0.2) is 0 Å². The molecule has 0 amide bonds. The number of benzene rings is 1. The van der Waals surface area contributed by atoms with Crippen LogP contribution < -0.4 is 0 Å². The maximum atomic E-state index is 11.9. The van der Waals surface area contributed by atoms with Crippen LogP contribution >= 0.6 is 0 Å². The van der Waals surface area contributed by atoms with Gasteiger partial charge in [-0.2, -0.15) is 0 Å². The number of nitrogens with zero attached hydrogens (tertiary/aromatic N) is 6. The summed E-state index contributed by atoms with van der Waals surface area (Å²) in [5.41, 5.74) is 0.483. The number of nitro groups is 1. The summed E-state index contributed by atoms with van der Waals surface area (Å²) in [6, 6.07) is 5.00. The van der Waals surface area contributed by atoms with Gasteiger partial charge < -0.3 is 25.5 Å². The first-order chi connectivity index (χ1) is 21.2. The Balaban J connectivity index is 2.38. The van der Waals surface area contributed by atoms with E-state index in [9.17, 15) is 59.6 Å². The number of carboxylic acid groups (broad SMARTS) is 5. The Hall–Kier alpha value is -4.23. The lowest BCUT2D eigenvalue weighted by atomic mass is 10.1. The number of hydrogen-bond acceptors (Lipinski definition) is 12. The summed E-state index contributed by atoms with van der Waals surface area (Å²) in [6.45, 7) is -0.804. The fourth-order valence-corrected chi connectivity index (χ4v) is 5.15. The van der Waals surface area contributed by atoms with Crippen LogP contribution in [-0.4, -0.2) is 176 Å². The summed E-state index contributed by atoms with van der Waals surface area (Å²) in [4.78, 5) is 76.7.